The molecule has 4 heteroatoms. The van der Waals surface area contributed by atoms with E-state index in [0.717, 1.165) is 38.4 Å². The van der Waals surface area contributed by atoms with Gasteiger partial charge in [0.15, 0.2) is 0 Å². The molecule has 0 radical (unpaired) electrons. The summed E-state index contributed by atoms with van der Waals surface area (Å²) in [6.07, 6.45) is 0. The molecule has 0 spiro atoms. The number of hydrogen-bond donors (Lipinski definition) is 2. The summed E-state index contributed by atoms with van der Waals surface area (Å²) in [6, 6.07) is 10.5. The van der Waals surface area contributed by atoms with E-state index < -0.39 is 0 Å². The van der Waals surface area contributed by atoms with E-state index in [1.54, 1.807) is 0 Å². The zero-order valence-electron chi connectivity index (χ0n) is 11.6. The molecule has 2 N–H and O–H groups in total. The normalized spacial score (nSPS) is 20.1. The van der Waals surface area contributed by atoms with Crippen molar-refractivity contribution in [1.29, 1.82) is 0 Å². The van der Waals surface area contributed by atoms with Gasteiger partial charge in [-0.05, 0) is 12.5 Å². The number of nitrogens with zero attached hydrogens (tertiary/aromatic N) is 1. The number of nitrogens with one attached hydrogen (secondary N) is 1. The van der Waals surface area contributed by atoms with Crippen molar-refractivity contribution in [2.24, 2.45) is 0 Å². The van der Waals surface area contributed by atoms with Gasteiger partial charge < -0.3 is 15.2 Å². The van der Waals surface area contributed by atoms with E-state index in [4.69, 9.17) is 4.74 Å². The largest absolute Gasteiger partial charge is 0.394 e. The first-order valence-corrected chi connectivity index (χ1v) is 7.01. The molecular weight excluding hydrogens is 240 g/mol. The minimum Gasteiger partial charge on any atom is -0.394 e. The summed E-state index contributed by atoms with van der Waals surface area (Å²) in [5.74, 6) is 0. The summed E-state index contributed by atoms with van der Waals surface area (Å²) < 4.78 is 5.35. The fraction of sp³-hybridized carbons (Fsp3) is 0.600. The van der Waals surface area contributed by atoms with Crippen LogP contribution in [0.25, 0.3) is 0 Å². The minimum absolute atomic E-state index is 0.0113. The van der Waals surface area contributed by atoms with Crippen LogP contribution in [0.15, 0.2) is 30.3 Å². The van der Waals surface area contributed by atoms with Crippen LogP contribution in [-0.4, -0.2) is 55.5 Å². The molecule has 0 saturated carbocycles. The van der Waals surface area contributed by atoms with E-state index >= 15 is 0 Å². The van der Waals surface area contributed by atoms with E-state index in [9.17, 15) is 5.11 Å². The van der Waals surface area contributed by atoms with Gasteiger partial charge in [-0.25, -0.2) is 0 Å². The average molecular weight is 264 g/mol. The summed E-state index contributed by atoms with van der Waals surface area (Å²) in [5, 5.41) is 13.0. The Morgan fingerprint density at radius 1 is 1.26 bits per heavy atom. The standard InChI is InChI=1S/C15H24N2O2/c1-13(11-17-7-9-19-10-8-17)16-15(12-18)14-5-3-2-4-6-14/h2-6,13,15-16,18H,7-12H2,1H3/t13-,15-/m1/s1. The quantitative estimate of drug-likeness (QED) is 0.805. The second kappa shape index (κ2) is 7.60. The topological polar surface area (TPSA) is 44.7 Å². The fourth-order valence-corrected chi connectivity index (χ4v) is 2.51. The van der Waals surface area contributed by atoms with E-state index in [1.807, 2.05) is 18.2 Å². The van der Waals surface area contributed by atoms with Gasteiger partial charge >= 0.3 is 0 Å². The van der Waals surface area contributed by atoms with Crippen molar-refractivity contribution in [2.75, 3.05) is 39.5 Å². The number of aliphatic hydroxyl groups excluding tert-OH is 1. The first-order chi connectivity index (χ1) is 9.29. The highest BCUT2D eigenvalue weighted by molar-refractivity contribution is 5.19. The fourth-order valence-electron chi connectivity index (χ4n) is 2.51. The molecule has 4 nitrogen and oxygen atoms in total. The Hall–Kier alpha value is -0.940. The third kappa shape index (κ3) is 4.58. The van der Waals surface area contributed by atoms with E-state index in [2.05, 4.69) is 29.3 Å². The van der Waals surface area contributed by atoms with Crippen molar-refractivity contribution >= 4 is 0 Å². The average Bonchev–Trinajstić information content (AvgIpc) is 2.47. The van der Waals surface area contributed by atoms with Crippen LogP contribution in [0.1, 0.15) is 18.5 Å². The van der Waals surface area contributed by atoms with Gasteiger partial charge in [0.1, 0.15) is 0 Å². The SMILES string of the molecule is C[C@H](CN1CCOCC1)N[C@H](CO)c1ccccc1. The minimum atomic E-state index is 0.0113. The van der Waals surface area contributed by atoms with Gasteiger partial charge in [-0.15, -0.1) is 0 Å². The molecule has 1 aromatic carbocycles. The second-order valence-electron chi connectivity index (χ2n) is 5.13. The van der Waals surface area contributed by atoms with E-state index in [-0.39, 0.29) is 12.6 Å². The molecule has 0 unspecified atom stereocenters. The van der Waals surface area contributed by atoms with Crippen LogP contribution in [0.2, 0.25) is 0 Å². The Kier molecular flexibility index (Phi) is 5.79. The van der Waals surface area contributed by atoms with Crippen LogP contribution in [-0.2, 0) is 4.74 Å². The molecule has 0 aromatic heterocycles. The van der Waals surface area contributed by atoms with Gasteiger partial charge in [0.25, 0.3) is 0 Å². The zero-order chi connectivity index (χ0) is 13.5. The lowest BCUT2D eigenvalue weighted by atomic mass is 10.1. The molecule has 106 valence electrons. The van der Waals surface area contributed by atoms with Gasteiger partial charge in [0.2, 0.25) is 0 Å². The summed E-state index contributed by atoms with van der Waals surface area (Å²) >= 11 is 0. The Morgan fingerprint density at radius 3 is 2.58 bits per heavy atom. The number of aliphatic hydroxyl groups is 1. The molecule has 1 aromatic rings. The molecule has 1 aliphatic heterocycles. The van der Waals surface area contributed by atoms with Gasteiger partial charge in [-0.2, -0.15) is 0 Å². The Bertz CT molecular complexity index is 352. The first kappa shape index (κ1) is 14.5. The van der Waals surface area contributed by atoms with Crippen molar-refractivity contribution < 1.29 is 9.84 Å². The predicted molar refractivity (Wildman–Crippen MR) is 76.1 cm³/mol. The molecule has 1 saturated heterocycles. The summed E-state index contributed by atoms with van der Waals surface area (Å²) in [4.78, 5) is 2.40. The summed E-state index contributed by atoms with van der Waals surface area (Å²) in [7, 11) is 0. The van der Waals surface area contributed by atoms with E-state index in [1.165, 1.54) is 0 Å². The Balaban J connectivity index is 1.84. The maximum absolute atomic E-state index is 9.54. The lowest BCUT2D eigenvalue weighted by Crippen LogP contribution is -2.45. The van der Waals surface area contributed by atoms with Crippen molar-refractivity contribution in [3.05, 3.63) is 35.9 Å². The van der Waals surface area contributed by atoms with Gasteiger partial charge in [0, 0.05) is 25.7 Å². The van der Waals surface area contributed by atoms with Crippen LogP contribution in [0.5, 0.6) is 0 Å². The number of ether oxygens (including phenoxy) is 1. The summed E-state index contributed by atoms with van der Waals surface area (Å²) in [6.45, 7) is 6.94. The second-order valence-corrected chi connectivity index (χ2v) is 5.13. The van der Waals surface area contributed by atoms with Crippen LogP contribution < -0.4 is 5.32 Å². The van der Waals surface area contributed by atoms with Crippen LogP contribution >= 0.6 is 0 Å². The van der Waals surface area contributed by atoms with Crippen molar-refractivity contribution in [2.45, 2.75) is 19.0 Å². The molecule has 0 aliphatic carbocycles. The zero-order valence-corrected chi connectivity index (χ0v) is 11.6. The van der Waals surface area contributed by atoms with Gasteiger partial charge in [-0.1, -0.05) is 30.3 Å². The van der Waals surface area contributed by atoms with Gasteiger partial charge in [0.05, 0.1) is 25.9 Å². The highest BCUT2D eigenvalue weighted by Gasteiger charge is 2.17. The number of benzene rings is 1. The lowest BCUT2D eigenvalue weighted by molar-refractivity contribution is 0.0333. The molecular formula is C15H24N2O2. The Labute approximate surface area is 115 Å². The highest BCUT2D eigenvalue weighted by atomic mass is 16.5. The van der Waals surface area contributed by atoms with Gasteiger partial charge in [-0.3, -0.25) is 4.90 Å². The maximum Gasteiger partial charge on any atom is 0.0626 e. The third-order valence-corrected chi connectivity index (χ3v) is 3.51. The lowest BCUT2D eigenvalue weighted by Gasteiger charge is -2.31. The molecule has 2 atom stereocenters. The molecule has 1 fully saturated rings. The molecule has 0 bridgehead atoms. The summed E-state index contributed by atoms with van der Waals surface area (Å²) in [5.41, 5.74) is 1.14. The van der Waals surface area contributed by atoms with Crippen LogP contribution in [0.4, 0.5) is 0 Å². The smallest absolute Gasteiger partial charge is 0.0626 e. The predicted octanol–water partition coefficient (Wildman–Crippen LogP) is 1.03. The van der Waals surface area contributed by atoms with Crippen LogP contribution in [0.3, 0.4) is 0 Å². The monoisotopic (exact) mass is 264 g/mol. The highest BCUT2D eigenvalue weighted by Crippen LogP contribution is 2.12. The Morgan fingerprint density at radius 2 is 1.95 bits per heavy atom. The van der Waals surface area contributed by atoms with Crippen LogP contribution in [0, 0.1) is 0 Å². The molecule has 2 rings (SSSR count). The molecule has 1 heterocycles. The molecule has 1 aliphatic rings. The van der Waals surface area contributed by atoms with Crippen molar-refractivity contribution in [3.63, 3.8) is 0 Å². The molecule has 0 amide bonds. The van der Waals surface area contributed by atoms with E-state index in [0.29, 0.717) is 6.04 Å². The number of rotatable bonds is 6. The number of morpholine rings is 1. The van der Waals surface area contributed by atoms with Crippen molar-refractivity contribution in [3.8, 4) is 0 Å². The first-order valence-electron chi connectivity index (χ1n) is 7.01. The maximum atomic E-state index is 9.54. The molecule has 19 heavy (non-hydrogen) atoms. The van der Waals surface area contributed by atoms with Crippen molar-refractivity contribution in [1.82, 2.24) is 10.2 Å². The number of hydrogen-bond acceptors (Lipinski definition) is 4. The third-order valence-electron chi connectivity index (χ3n) is 3.51.